The first kappa shape index (κ1) is 14.8. The van der Waals surface area contributed by atoms with E-state index in [0.29, 0.717) is 5.75 Å². The monoisotopic (exact) mass is 290 g/mol. The van der Waals surface area contributed by atoms with Gasteiger partial charge in [-0.3, -0.25) is 9.59 Å². The second-order valence-electron chi connectivity index (χ2n) is 4.45. The number of aromatic amines is 1. The molecule has 0 saturated heterocycles. The number of nitrogens with zero attached hydrogens (tertiary/aromatic N) is 1. The number of carbonyl (C=O) groups is 1. The van der Waals surface area contributed by atoms with Crippen molar-refractivity contribution in [1.29, 1.82) is 0 Å². The van der Waals surface area contributed by atoms with Crippen LogP contribution in [-0.4, -0.2) is 36.0 Å². The molecule has 0 radical (unpaired) electrons. The Morgan fingerprint density at radius 1 is 1.38 bits per heavy atom. The number of amides is 1. The maximum Gasteiger partial charge on any atom is 0.259 e. The van der Waals surface area contributed by atoms with Gasteiger partial charge < -0.3 is 14.6 Å². The number of ether oxygens (including phenoxy) is 1. The summed E-state index contributed by atoms with van der Waals surface area (Å²) in [6.45, 7) is 0.486. The maximum atomic E-state index is 13.0. The molecule has 0 atom stereocenters. The lowest BCUT2D eigenvalue weighted by Gasteiger charge is -2.17. The number of carbonyl (C=O) groups excluding carboxylic acids is 1. The molecular weight excluding hydrogens is 275 g/mol. The normalized spacial score (nSPS) is 10.2. The molecule has 0 fully saturated rings. The number of hydrogen-bond acceptors (Lipinski definition) is 3. The molecule has 110 valence electrons. The van der Waals surface area contributed by atoms with Crippen LogP contribution in [0, 0.1) is 5.82 Å². The van der Waals surface area contributed by atoms with E-state index in [1.54, 1.807) is 19.2 Å². The van der Waals surface area contributed by atoms with Crippen molar-refractivity contribution in [3.63, 3.8) is 0 Å². The molecule has 0 saturated carbocycles. The van der Waals surface area contributed by atoms with Crippen molar-refractivity contribution in [3.8, 4) is 5.75 Å². The van der Waals surface area contributed by atoms with Crippen molar-refractivity contribution in [2.24, 2.45) is 0 Å². The summed E-state index contributed by atoms with van der Waals surface area (Å²) in [7, 11) is 1.57. The number of nitrogens with one attached hydrogen (secondary N) is 1. The molecule has 0 spiro atoms. The molecule has 0 bridgehead atoms. The number of benzene rings is 1. The number of hydrogen-bond donors (Lipinski definition) is 1. The van der Waals surface area contributed by atoms with E-state index in [1.807, 2.05) is 0 Å². The maximum absolute atomic E-state index is 13.0. The zero-order valence-corrected chi connectivity index (χ0v) is 11.5. The lowest BCUT2D eigenvalue weighted by Crippen LogP contribution is -2.33. The zero-order chi connectivity index (χ0) is 15.2. The van der Waals surface area contributed by atoms with Crippen molar-refractivity contribution in [1.82, 2.24) is 9.88 Å². The molecule has 2 aromatic rings. The van der Waals surface area contributed by atoms with E-state index in [1.165, 1.54) is 35.5 Å². The van der Waals surface area contributed by atoms with Gasteiger partial charge in [0, 0.05) is 31.6 Å². The lowest BCUT2D eigenvalue weighted by atomic mass is 10.2. The van der Waals surface area contributed by atoms with Gasteiger partial charge in [-0.05, 0) is 12.1 Å². The first-order valence-electron chi connectivity index (χ1n) is 6.39. The first-order chi connectivity index (χ1) is 10.1. The Bertz CT molecular complexity index is 684. The Morgan fingerprint density at radius 2 is 2.19 bits per heavy atom. The number of pyridine rings is 1. The summed E-state index contributed by atoms with van der Waals surface area (Å²) in [5, 5.41) is 0. The highest BCUT2D eigenvalue weighted by molar-refractivity contribution is 5.93. The summed E-state index contributed by atoms with van der Waals surface area (Å²) in [5.41, 5.74) is -0.262. The van der Waals surface area contributed by atoms with E-state index < -0.39 is 0 Å². The standard InChI is InChI=1S/C15H15FN2O3/c1-18(15(20)13-10-17-6-5-14(13)19)7-8-21-12-4-2-3-11(16)9-12/h2-6,9-10H,7-8H2,1H3,(H,17,19). The summed E-state index contributed by atoms with van der Waals surface area (Å²) < 4.78 is 18.3. The van der Waals surface area contributed by atoms with Crippen LogP contribution in [0.3, 0.4) is 0 Å². The van der Waals surface area contributed by atoms with E-state index in [-0.39, 0.29) is 35.9 Å². The molecule has 6 heteroatoms. The number of H-pyrrole nitrogens is 1. The van der Waals surface area contributed by atoms with Crippen LogP contribution >= 0.6 is 0 Å². The van der Waals surface area contributed by atoms with Gasteiger partial charge in [-0.1, -0.05) is 6.07 Å². The lowest BCUT2D eigenvalue weighted by molar-refractivity contribution is 0.0772. The van der Waals surface area contributed by atoms with Crippen molar-refractivity contribution in [2.75, 3.05) is 20.2 Å². The van der Waals surface area contributed by atoms with Crippen LogP contribution in [0.1, 0.15) is 10.4 Å². The number of aromatic nitrogens is 1. The predicted molar refractivity (Wildman–Crippen MR) is 75.9 cm³/mol. The molecule has 0 aliphatic heterocycles. The minimum atomic E-state index is -0.389. The van der Waals surface area contributed by atoms with Crippen LogP contribution in [0.5, 0.6) is 5.75 Å². The third kappa shape index (κ3) is 3.92. The largest absolute Gasteiger partial charge is 0.492 e. The summed E-state index contributed by atoms with van der Waals surface area (Å²) in [6.07, 6.45) is 2.83. The molecule has 1 aromatic heterocycles. The topological polar surface area (TPSA) is 62.4 Å². The predicted octanol–water partition coefficient (Wildman–Crippen LogP) is 1.66. The molecule has 0 aliphatic rings. The SMILES string of the molecule is CN(CCOc1cccc(F)c1)C(=O)c1c[nH]ccc1=O. The molecule has 0 unspecified atom stereocenters. The Hall–Kier alpha value is -2.63. The average molecular weight is 290 g/mol. The molecule has 0 aliphatic carbocycles. The van der Waals surface area contributed by atoms with Gasteiger partial charge in [-0.2, -0.15) is 0 Å². The van der Waals surface area contributed by atoms with Crippen LogP contribution in [0.15, 0.2) is 47.5 Å². The summed E-state index contributed by atoms with van der Waals surface area (Å²) in [4.78, 5) is 27.7. The highest BCUT2D eigenvalue weighted by Crippen LogP contribution is 2.11. The van der Waals surface area contributed by atoms with Gasteiger partial charge in [0.2, 0.25) is 0 Å². The second kappa shape index (κ2) is 6.69. The third-order valence-corrected chi connectivity index (χ3v) is 2.89. The van der Waals surface area contributed by atoms with E-state index in [9.17, 15) is 14.0 Å². The molecule has 1 N–H and O–H groups in total. The number of halogens is 1. The van der Waals surface area contributed by atoms with Crippen molar-refractivity contribution in [3.05, 3.63) is 64.3 Å². The summed E-state index contributed by atoms with van der Waals surface area (Å²) >= 11 is 0. The van der Waals surface area contributed by atoms with Gasteiger partial charge in [0.05, 0.1) is 6.54 Å². The average Bonchev–Trinajstić information content (AvgIpc) is 2.47. The van der Waals surface area contributed by atoms with Crippen LogP contribution in [0.2, 0.25) is 0 Å². The van der Waals surface area contributed by atoms with Crippen molar-refractivity contribution >= 4 is 5.91 Å². The van der Waals surface area contributed by atoms with Crippen molar-refractivity contribution < 1.29 is 13.9 Å². The minimum absolute atomic E-state index is 0.0748. The Balaban J connectivity index is 1.90. The highest BCUT2D eigenvalue weighted by atomic mass is 19.1. The molecule has 1 amide bonds. The van der Waals surface area contributed by atoms with Gasteiger partial charge in [-0.15, -0.1) is 0 Å². The molecule has 2 rings (SSSR count). The fourth-order valence-corrected chi connectivity index (χ4v) is 1.75. The highest BCUT2D eigenvalue weighted by Gasteiger charge is 2.14. The molecule has 1 aromatic carbocycles. The smallest absolute Gasteiger partial charge is 0.259 e. The van der Waals surface area contributed by atoms with E-state index in [4.69, 9.17) is 4.74 Å². The minimum Gasteiger partial charge on any atom is -0.492 e. The Labute approximate surface area is 121 Å². The third-order valence-electron chi connectivity index (χ3n) is 2.89. The van der Waals surface area contributed by atoms with Crippen molar-refractivity contribution in [2.45, 2.75) is 0 Å². The zero-order valence-electron chi connectivity index (χ0n) is 11.5. The van der Waals surface area contributed by atoms with E-state index in [2.05, 4.69) is 4.98 Å². The van der Waals surface area contributed by atoms with Crippen LogP contribution in [0.4, 0.5) is 4.39 Å². The van der Waals surface area contributed by atoms with Gasteiger partial charge in [0.15, 0.2) is 5.43 Å². The van der Waals surface area contributed by atoms with Gasteiger partial charge in [0.1, 0.15) is 23.7 Å². The molecule has 1 heterocycles. The van der Waals surface area contributed by atoms with Crippen LogP contribution < -0.4 is 10.2 Å². The number of likely N-dealkylation sites (N-methyl/N-ethyl adjacent to an activating group) is 1. The Morgan fingerprint density at radius 3 is 2.90 bits per heavy atom. The van der Waals surface area contributed by atoms with E-state index in [0.717, 1.165) is 0 Å². The quantitative estimate of drug-likeness (QED) is 0.911. The fraction of sp³-hybridized carbons (Fsp3) is 0.200. The summed E-state index contributed by atoms with van der Waals surface area (Å²) in [6, 6.07) is 7.06. The van der Waals surface area contributed by atoms with Crippen LogP contribution in [-0.2, 0) is 0 Å². The van der Waals surface area contributed by atoms with Gasteiger partial charge in [-0.25, -0.2) is 4.39 Å². The Kier molecular flexibility index (Phi) is 4.71. The summed E-state index contributed by atoms with van der Waals surface area (Å²) in [5.74, 6) is -0.374. The molecule has 21 heavy (non-hydrogen) atoms. The molecule has 5 nitrogen and oxygen atoms in total. The fourth-order valence-electron chi connectivity index (χ4n) is 1.75. The van der Waals surface area contributed by atoms with Gasteiger partial charge in [0.25, 0.3) is 5.91 Å². The first-order valence-corrected chi connectivity index (χ1v) is 6.39. The number of rotatable bonds is 5. The van der Waals surface area contributed by atoms with Gasteiger partial charge >= 0.3 is 0 Å². The second-order valence-corrected chi connectivity index (χ2v) is 4.45. The molecular formula is C15H15FN2O3. The van der Waals surface area contributed by atoms with E-state index >= 15 is 0 Å². The van der Waals surface area contributed by atoms with Crippen LogP contribution in [0.25, 0.3) is 0 Å².